The Labute approximate surface area is 144 Å². The highest BCUT2D eigenvalue weighted by molar-refractivity contribution is 5.95. The first-order chi connectivity index (χ1) is 11.2. The summed E-state index contributed by atoms with van der Waals surface area (Å²) < 4.78 is 0. The third-order valence-corrected chi connectivity index (χ3v) is 5.92. The molecule has 0 bridgehead atoms. The minimum Gasteiger partial charge on any atom is -0.391 e. The third-order valence-electron chi connectivity index (χ3n) is 5.92. The molecule has 2 aliphatic rings. The fourth-order valence-corrected chi connectivity index (χ4v) is 5.30. The van der Waals surface area contributed by atoms with E-state index in [2.05, 4.69) is 49.9 Å². The fourth-order valence-electron chi connectivity index (χ4n) is 5.30. The van der Waals surface area contributed by atoms with Crippen LogP contribution in [0.15, 0.2) is 12.3 Å². The maximum absolute atomic E-state index is 12.7. The molecule has 2 fully saturated rings. The Bertz CT molecular complexity index is 605. The molecule has 1 saturated carbocycles. The van der Waals surface area contributed by atoms with Gasteiger partial charge in [0.15, 0.2) is 0 Å². The molecule has 1 aliphatic heterocycles. The van der Waals surface area contributed by atoms with Crippen LogP contribution >= 0.6 is 0 Å². The van der Waals surface area contributed by atoms with Crippen LogP contribution < -0.4 is 5.32 Å². The summed E-state index contributed by atoms with van der Waals surface area (Å²) in [5.74, 6) is 0.753. The number of hydrogen-bond donors (Lipinski definition) is 3. The van der Waals surface area contributed by atoms with Gasteiger partial charge in [-0.05, 0) is 37.8 Å². The SMILES string of the molecule is CC(C)c1[nH]ccc1C(=O)N[C@@H]1CC2(C[C@H]1O)CN(C)C2C(C)C. The lowest BCUT2D eigenvalue weighted by molar-refractivity contribution is -0.0827. The van der Waals surface area contributed by atoms with Gasteiger partial charge in [-0.1, -0.05) is 27.7 Å². The molecule has 0 aromatic carbocycles. The number of carbonyl (C=O) groups is 1. The molecule has 0 radical (unpaired) electrons. The van der Waals surface area contributed by atoms with Crippen molar-refractivity contribution in [1.29, 1.82) is 0 Å². The van der Waals surface area contributed by atoms with Crippen LogP contribution in [0, 0.1) is 11.3 Å². The molecule has 24 heavy (non-hydrogen) atoms. The van der Waals surface area contributed by atoms with Gasteiger partial charge in [-0.3, -0.25) is 4.79 Å². The van der Waals surface area contributed by atoms with Gasteiger partial charge in [-0.2, -0.15) is 0 Å². The molecule has 2 heterocycles. The highest BCUT2D eigenvalue weighted by atomic mass is 16.3. The van der Waals surface area contributed by atoms with E-state index in [0.29, 0.717) is 17.5 Å². The van der Waals surface area contributed by atoms with Crippen molar-refractivity contribution in [2.75, 3.05) is 13.6 Å². The molecule has 5 heteroatoms. The van der Waals surface area contributed by atoms with Crippen LogP contribution in [0.2, 0.25) is 0 Å². The number of hydrogen-bond acceptors (Lipinski definition) is 3. The van der Waals surface area contributed by atoms with E-state index in [1.165, 1.54) is 0 Å². The van der Waals surface area contributed by atoms with Crippen LogP contribution in [0.5, 0.6) is 0 Å². The van der Waals surface area contributed by atoms with Crippen LogP contribution in [0.25, 0.3) is 0 Å². The van der Waals surface area contributed by atoms with E-state index in [0.717, 1.165) is 25.1 Å². The molecular formula is C19H31N3O2. The minimum atomic E-state index is -0.453. The second kappa shape index (κ2) is 6.19. The highest BCUT2D eigenvalue weighted by Gasteiger charge is 2.58. The molecular weight excluding hydrogens is 302 g/mol. The molecule has 5 nitrogen and oxygen atoms in total. The molecule has 134 valence electrons. The number of nitrogens with zero attached hydrogens (tertiary/aromatic N) is 1. The first kappa shape index (κ1) is 17.5. The molecule has 3 rings (SSSR count). The van der Waals surface area contributed by atoms with Crippen LogP contribution in [-0.2, 0) is 0 Å². The quantitative estimate of drug-likeness (QED) is 0.792. The third kappa shape index (κ3) is 2.78. The van der Waals surface area contributed by atoms with E-state index in [9.17, 15) is 9.90 Å². The predicted molar refractivity (Wildman–Crippen MR) is 95.1 cm³/mol. The Morgan fingerprint density at radius 2 is 2.08 bits per heavy atom. The van der Waals surface area contributed by atoms with Gasteiger partial charge in [0.25, 0.3) is 5.91 Å². The van der Waals surface area contributed by atoms with E-state index in [-0.39, 0.29) is 23.3 Å². The van der Waals surface area contributed by atoms with E-state index in [1.807, 2.05) is 12.3 Å². The monoisotopic (exact) mass is 333 g/mol. The number of aromatic nitrogens is 1. The fraction of sp³-hybridized carbons (Fsp3) is 0.737. The van der Waals surface area contributed by atoms with Crippen LogP contribution in [0.1, 0.15) is 62.5 Å². The first-order valence-corrected chi connectivity index (χ1v) is 9.11. The maximum Gasteiger partial charge on any atom is 0.253 e. The van der Waals surface area contributed by atoms with Gasteiger partial charge < -0.3 is 20.3 Å². The summed E-state index contributed by atoms with van der Waals surface area (Å²) in [6, 6.07) is 2.17. The summed E-state index contributed by atoms with van der Waals surface area (Å²) in [5.41, 5.74) is 1.81. The van der Waals surface area contributed by atoms with Crippen molar-refractivity contribution in [3.8, 4) is 0 Å². The average Bonchev–Trinajstić information content (AvgIpc) is 3.04. The largest absolute Gasteiger partial charge is 0.391 e. The molecule has 1 aliphatic carbocycles. The molecule has 2 unspecified atom stereocenters. The van der Waals surface area contributed by atoms with E-state index in [4.69, 9.17) is 0 Å². The second-order valence-electron chi connectivity index (χ2n) is 8.48. The van der Waals surface area contributed by atoms with E-state index < -0.39 is 6.10 Å². The Morgan fingerprint density at radius 1 is 1.38 bits per heavy atom. The van der Waals surface area contributed by atoms with E-state index in [1.54, 1.807) is 0 Å². The average molecular weight is 333 g/mol. The van der Waals surface area contributed by atoms with Crippen molar-refractivity contribution in [2.24, 2.45) is 11.3 Å². The summed E-state index contributed by atoms with van der Waals surface area (Å²) in [4.78, 5) is 18.2. The molecule has 3 N–H and O–H groups in total. The molecule has 1 aromatic heterocycles. The lowest BCUT2D eigenvalue weighted by Gasteiger charge is -2.57. The molecule has 4 atom stereocenters. The maximum atomic E-state index is 12.7. The smallest absolute Gasteiger partial charge is 0.253 e. The zero-order valence-electron chi connectivity index (χ0n) is 15.5. The summed E-state index contributed by atoms with van der Waals surface area (Å²) in [6.45, 7) is 9.64. The highest BCUT2D eigenvalue weighted by Crippen LogP contribution is 2.52. The summed E-state index contributed by atoms with van der Waals surface area (Å²) in [5, 5.41) is 13.7. The molecule has 1 aromatic rings. The van der Waals surface area contributed by atoms with Crippen molar-refractivity contribution < 1.29 is 9.90 Å². The molecule has 1 amide bonds. The summed E-state index contributed by atoms with van der Waals surface area (Å²) in [6.07, 6.45) is 3.02. The minimum absolute atomic E-state index is 0.0742. The Kier molecular flexibility index (Phi) is 4.51. The van der Waals surface area contributed by atoms with Crippen LogP contribution in [0.4, 0.5) is 0 Å². The summed E-state index contributed by atoms with van der Waals surface area (Å²) >= 11 is 0. The number of nitrogens with one attached hydrogen (secondary N) is 2. The van der Waals surface area contributed by atoms with Crippen LogP contribution in [-0.4, -0.2) is 52.7 Å². The number of rotatable bonds is 4. The van der Waals surface area contributed by atoms with Crippen molar-refractivity contribution in [3.05, 3.63) is 23.5 Å². The zero-order chi connectivity index (χ0) is 17.6. The van der Waals surface area contributed by atoms with E-state index >= 15 is 0 Å². The number of aliphatic hydroxyl groups is 1. The van der Waals surface area contributed by atoms with Gasteiger partial charge in [-0.15, -0.1) is 0 Å². The number of amides is 1. The van der Waals surface area contributed by atoms with Crippen molar-refractivity contribution in [3.63, 3.8) is 0 Å². The number of H-pyrrole nitrogens is 1. The lowest BCUT2D eigenvalue weighted by atomic mass is 9.66. The number of aliphatic hydroxyl groups excluding tert-OH is 1. The van der Waals surface area contributed by atoms with Gasteiger partial charge in [0.05, 0.1) is 17.7 Å². The molecule has 1 spiro atoms. The number of carbonyl (C=O) groups excluding carboxylic acids is 1. The Balaban J connectivity index is 1.70. The Morgan fingerprint density at radius 3 is 2.67 bits per heavy atom. The van der Waals surface area contributed by atoms with Gasteiger partial charge in [0.2, 0.25) is 0 Å². The first-order valence-electron chi connectivity index (χ1n) is 9.11. The summed E-state index contributed by atoms with van der Waals surface area (Å²) in [7, 11) is 2.16. The topological polar surface area (TPSA) is 68.4 Å². The second-order valence-corrected chi connectivity index (χ2v) is 8.48. The normalized spacial score (nSPS) is 33.4. The van der Waals surface area contributed by atoms with Crippen LogP contribution in [0.3, 0.4) is 0 Å². The van der Waals surface area contributed by atoms with Gasteiger partial charge in [0, 0.05) is 29.9 Å². The van der Waals surface area contributed by atoms with Gasteiger partial charge >= 0.3 is 0 Å². The molecule has 1 saturated heterocycles. The van der Waals surface area contributed by atoms with Gasteiger partial charge in [0.1, 0.15) is 0 Å². The zero-order valence-corrected chi connectivity index (χ0v) is 15.5. The van der Waals surface area contributed by atoms with Crippen molar-refractivity contribution in [2.45, 2.75) is 64.6 Å². The van der Waals surface area contributed by atoms with Crippen molar-refractivity contribution in [1.82, 2.24) is 15.2 Å². The predicted octanol–water partition coefficient (Wildman–Crippen LogP) is 2.35. The number of aromatic amines is 1. The number of likely N-dealkylation sites (tertiary alicyclic amines) is 1. The van der Waals surface area contributed by atoms with Crippen molar-refractivity contribution >= 4 is 5.91 Å². The lowest BCUT2D eigenvalue weighted by Crippen LogP contribution is -2.64. The Hall–Kier alpha value is -1.33. The standard InChI is InChI=1S/C19H31N3O2/c1-11(2)16-13(6-7-20-16)18(24)21-14-8-19(9-15(14)23)10-22(5)17(19)12(3)4/h6-7,11-12,14-15,17,20,23H,8-10H2,1-5H3,(H,21,24)/t14-,15-,17?,19?/m1/s1. The van der Waals surface area contributed by atoms with Gasteiger partial charge in [-0.25, -0.2) is 0 Å².